The third-order valence-corrected chi connectivity index (χ3v) is 7.34. The Labute approximate surface area is 151 Å². The van der Waals surface area contributed by atoms with Crippen molar-refractivity contribution in [2.75, 3.05) is 17.8 Å². The van der Waals surface area contributed by atoms with E-state index in [-0.39, 0.29) is 5.91 Å². The third kappa shape index (κ3) is 3.88. The molecule has 0 unspecified atom stereocenters. The van der Waals surface area contributed by atoms with Gasteiger partial charge in [-0.05, 0) is 37.6 Å². The van der Waals surface area contributed by atoms with Crippen LogP contribution in [0.5, 0.6) is 0 Å². The molecule has 1 N–H and O–H groups in total. The number of hydrogen-bond donors (Lipinski definition) is 1. The maximum Gasteiger partial charge on any atom is 0.229 e. The highest BCUT2D eigenvalue weighted by Crippen LogP contribution is 2.30. The molecule has 0 aliphatic heterocycles. The lowest BCUT2D eigenvalue weighted by molar-refractivity contribution is -0.115. The molecule has 0 fully saturated rings. The van der Waals surface area contributed by atoms with Crippen molar-refractivity contribution in [3.63, 3.8) is 0 Å². The Balaban J connectivity index is 1.72. The van der Waals surface area contributed by atoms with Gasteiger partial charge in [0.25, 0.3) is 0 Å². The van der Waals surface area contributed by atoms with Crippen LogP contribution in [0.2, 0.25) is 0 Å². The predicted octanol–water partition coefficient (Wildman–Crippen LogP) is 4.69. The minimum atomic E-state index is -0.0154. The first-order chi connectivity index (χ1) is 11.1. The zero-order valence-electron chi connectivity index (χ0n) is 12.9. The molecule has 2 heterocycles. The number of benzene rings is 1. The van der Waals surface area contributed by atoms with Crippen molar-refractivity contribution in [2.45, 2.75) is 22.0 Å². The number of thiazole rings is 2. The lowest BCUT2D eigenvalue weighted by atomic mass is 10.2. The number of aryl methyl sites for hydroxylation is 1. The summed E-state index contributed by atoms with van der Waals surface area (Å²) in [5, 5.41) is 2.97. The topological polar surface area (TPSA) is 54.9 Å². The summed E-state index contributed by atoms with van der Waals surface area (Å²) in [6.45, 7) is 1.95. The molecule has 0 aliphatic rings. The molecule has 23 heavy (non-hydrogen) atoms. The SMILES string of the molecule is CSc1nc(C)c(CC(=O)Nc2ccc3nc(SC)sc3c2)s1. The van der Waals surface area contributed by atoms with Crippen molar-refractivity contribution in [1.29, 1.82) is 0 Å². The van der Waals surface area contributed by atoms with Gasteiger partial charge in [-0.25, -0.2) is 9.97 Å². The van der Waals surface area contributed by atoms with Crippen LogP contribution >= 0.6 is 46.2 Å². The van der Waals surface area contributed by atoms with Crippen LogP contribution in [0.25, 0.3) is 10.2 Å². The van der Waals surface area contributed by atoms with Gasteiger partial charge in [0, 0.05) is 10.6 Å². The summed E-state index contributed by atoms with van der Waals surface area (Å²) in [7, 11) is 0. The highest BCUT2D eigenvalue weighted by atomic mass is 32.2. The van der Waals surface area contributed by atoms with Gasteiger partial charge in [-0.15, -0.1) is 22.7 Å². The molecule has 3 aromatic rings. The van der Waals surface area contributed by atoms with E-state index in [1.807, 2.05) is 37.6 Å². The van der Waals surface area contributed by atoms with Crippen LogP contribution in [0.4, 0.5) is 5.69 Å². The Hall–Kier alpha value is -1.09. The van der Waals surface area contributed by atoms with Gasteiger partial charge in [0.2, 0.25) is 5.91 Å². The third-order valence-electron chi connectivity index (χ3n) is 3.20. The van der Waals surface area contributed by atoms with E-state index >= 15 is 0 Å². The second-order valence-electron chi connectivity index (χ2n) is 4.78. The standard InChI is InChI=1S/C15H15N3OS4/c1-8-11(22-14(16-8)20-2)7-13(19)17-9-4-5-10-12(6-9)23-15(18-10)21-3/h4-6H,7H2,1-3H3,(H,17,19). The fourth-order valence-electron chi connectivity index (χ4n) is 2.07. The molecule has 0 bridgehead atoms. The fourth-order valence-corrected chi connectivity index (χ4v) is 5.25. The van der Waals surface area contributed by atoms with Crippen LogP contribution < -0.4 is 5.32 Å². The average Bonchev–Trinajstić information content (AvgIpc) is 3.10. The Morgan fingerprint density at radius 3 is 2.61 bits per heavy atom. The molecule has 0 radical (unpaired) electrons. The van der Waals surface area contributed by atoms with E-state index in [4.69, 9.17) is 0 Å². The van der Waals surface area contributed by atoms with E-state index in [1.165, 1.54) is 0 Å². The number of nitrogens with zero attached hydrogens (tertiary/aromatic N) is 2. The largest absolute Gasteiger partial charge is 0.326 e. The maximum absolute atomic E-state index is 12.3. The first kappa shape index (κ1) is 16.8. The summed E-state index contributed by atoms with van der Waals surface area (Å²) in [6.07, 6.45) is 4.37. The van der Waals surface area contributed by atoms with Gasteiger partial charge in [-0.1, -0.05) is 23.5 Å². The van der Waals surface area contributed by atoms with E-state index in [0.717, 1.165) is 35.2 Å². The number of carbonyl (C=O) groups is 1. The first-order valence-electron chi connectivity index (χ1n) is 6.83. The van der Waals surface area contributed by atoms with E-state index in [9.17, 15) is 4.79 Å². The fraction of sp³-hybridized carbons (Fsp3) is 0.267. The molecule has 3 rings (SSSR count). The molecule has 0 saturated carbocycles. The van der Waals surface area contributed by atoms with Crippen LogP contribution in [-0.4, -0.2) is 28.4 Å². The quantitative estimate of drug-likeness (QED) is 0.650. The van der Waals surface area contributed by atoms with E-state index in [1.54, 1.807) is 46.2 Å². The number of hydrogen-bond acceptors (Lipinski definition) is 7. The van der Waals surface area contributed by atoms with Gasteiger partial charge in [0.1, 0.15) is 4.34 Å². The zero-order valence-corrected chi connectivity index (χ0v) is 16.1. The van der Waals surface area contributed by atoms with Gasteiger partial charge in [0.05, 0.1) is 22.3 Å². The molecule has 0 aliphatic carbocycles. The Morgan fingerprint density at radius 2 is 1.91 bits per heavy atom. The number of fused-ring (bicyclic) bond motifs is 1. The van der Waals surface area contributed by atoms with Crippen LogP contribution in [0.3, 0.4) is 0 Å². The highest BCUT2D eigenvalue weighted by molar-refractivity contribution is 8.00. The smallest absolute Gasteiger partial charge is 0.229 e. The summed E-state index contributed by atoms with van der Waals surface area (Å²) in [5.74, 6) is -0.0154. The van der Waals surface area contributed by atoms with Gasteiger partial charge in [-0.3, -0.25) is 4.79 Å². The van der Waals surface area contributed by atoms with Crippen molar-refractivity contribution in [2.24, 2.45) is 0 Å². The number of thioether (sulfide) groups is 2. The highest BCUT2D eigenvalue weighted by Gasteiger charge is 2.12. The molecule has 0 spiro atoms. The van der Waals surface area contributed by atoms with Gasteiger partial charge >= 0.3 is 0 Å². The average molecular weight is 382 g/mol. The summed E-state index contributed by atoms with van der Waals surface area (Å²) in [6, 6.07) is 5.83. The molecule has 0 saturated heterocycles. The lowest BCUT2D eigenvalue weighted by Crippen LogP contribution is -2.14. The second kappa shape index (κ2) is 7.21. The molecule has 4 nitrogen and oxygen atoms in total. The number of aromatic nitrogens is 2. The summed E-state index contributed by atoms with van der Waals surface area (Å²) < 4.78 is 3.13. The Morgan fingerprint density at radius 1 is 1.17 bits per heavy atom. The minimum absolute atomic E-state index is 0.0154. The molecule has 1 aromatic carbocycles. The van der Waals surface area contributed by atoms with Gasteiger partial charge in [0.15, 0.2) is 4.34 Å². The summed E-state index contributed by atoms with van der Waals surface area (Å²) in [5.41, 5.74) is 2.73. The van der Waals surface area contributed by atoms with Gasteiger partial charge < -0.3 is 5.32 Å². The number of nitrogens with one attached hydrogen (secondary N) is 1. The molecule has 120 valence electrons. The van der Waals surface area contributed by atoms with Gasteiger partial charge in [-0.2, -0.15) is 0 Å². The predicted molar refractivity (Wildman–Crippen MR) is 102 cm³/mol. The number of amides is 1. The lowest BCUT2D eigenvalue weighted by Gasteiger charge is -2.04. The molecular formula is C15H15N3OS4. The Kier molecular flexibility index (Phi) is 5.25. The molecule has 0 atom stereocenters. The van der Waals surface area contributed by atoms with Crippen molar-refractivity contribution >= 4 is 68.0 Å². The normalized spacial score (nSPS) is 11.1. The van der Waals surface area contributed by atoms with Crippen molar-refractivity contribution in [1.82, 2.24) is 9.97 Å². The van der Waals surface area contributed by atoms with Crippen LogP contribution in [0.15, 0.2) is 26.9 Å². The van der Waals surface area contributed by atoms with Crippen LogP contribution in [0, 0.1) is 6.92 Å². The van der Waals surface area contributed by atoms with E-state index in [0.29, 0.717) is 6.42 Å². The number of anilines is 1. The maximum atomic E-state index is 12.3. The van der Waals surface area contributed by atoms with E-state index < -0.39 is 0 Å². The molecular weight excluding hydrogens is 366 g/mol. The first-order valence-corrected chi connectivity index (χ1v) is 10.9. The zero-order chi connectivity index (χ0) is 16.4. The Bertz CT molecular complexity index is 856. The van der Waals surface area contributed by atoms with Crippen molar-refractivity contribution < 1.29 is 4.79 Å². The van der Waals surface area contributed by atoms with Crippen molar-refractivity contribution in [3.05, 3.63) is 28.8 Å². The van der Waals surface area contributed by atoms with Crippen LogP contribution in [0.1, 0.15) is 10.6 Å². The van der Waals surface area contributed by atoms with Crippen molar-refractivity contribution in [3.8, 4) is 0 Å². The molecule has 8 heteroatoms. The van der Waals surface area contributed by atoms with Crippen LogP contribution in [-0.2, 0) is 11.2 Å². The number of carbonyl (C=O) groups excluding carboxylic acids is 1. The van der Waals surface area contributed by atoms with E-state index in [2.05, 4.69) is 15.3 Å². The molecule has 2 aromatic heterocycles. The minimum Gasteiger partial charge on any atom is -0.326 e. The molecule has 1 amide bonds. The monoisotopic (exact) mass is 381 g/mol. The summed E-state index contributed by atoms with van der Waals surface area (Å²) >= 11 is 6.47. The second-order valence-corrected chi connectivity index (χ2v) is 9.00. The number of rotatable bonds is 5. The summed E-state index contributed by atoms with van der Waals surface area (Å²) in [4.78, 5) is 22.2.